The molecule has 1 fully saturated rings. The average Bonchev–Trinajstić information content (AvgIpc) is 2.91. The van der Waals surface area contributed by atoms with E-state index >= 15 is 0 Å². The minimum Gasteiger partial charge on any atom is -0.496 e. The molecule has 3 nitrogen and oxygen atoms in total. The zero-order valence-corrected chi connectivity index (χ0v) is 11.4. The molecule has 1 N–H and O–H groups in total. The molecule has 0 bridgehead atoms. The summed E-state index contributed by atoms with van der Waals surface area (Å²) in [6.45, 7) is 6.12. The standard InChI is InChI=1S/C15H20O3/c1-5-9-8-10(6-7-11(9)18-4)12-13(14(16)17)15(12,2)3/h6-8,12-13H,5H2,1-4H3,(H,16,17). The minimum absolute atomic E-state index is 0.117. The Labute approximate surface area is 108 Å². The van der Waals surface area contributed by atoms with E-state index in [1.807, 2.05) is 26.0 Å². The fraction of sp³-hybridized carbons (Fsp3) is 0.533. The number of carboxylic acids is 1. The molecule has 0 saturated heterocycles. The number of methoxy groups -OCH3 is 1. The van der Waals surface area contributed by atoms with Gasteiger partial charge in [0.15, 0.2) is 0 Å². The van der Waals surface area contributed by atoms with Crippen LogP contribution in [0.1, 0.15) is 37.8 Å². The molecule has 2 rings (SSSR count). The van der Waals surface area contributed by atoms with Crippen LogP contribution in [-0.2, 0) is 11.2 Å². The molecule has 0 amide bonds. The van der Waals surface area contributed by atoms with Crippen molar-refractivity contribution in [3.63, 3.8) is 0 Å². The first-order valence-corrected chi connectivity index (χ1v) is 6.33. The molecule has 1 saturated carbocycles. The van der Waals surface area contributed by atoms with Crippen molar-refractivity contribution < 1.29 is 14.6 Å². The molecule has 98 valence electrons. The third kappa shape index (κ3) is 1.88. The first-order chi connectivity index (χ1) is 8.43. The van der Waals surface area contributed by atoms with E-state index in [0.717, 1.165) is 23.3 Å². The Morgan fingerprint density at radius 1 is 1.44 bits per heavy atom. The fourth-order valence-corrected chi connectivity index (χ4v) is 2.99. The van der Waals surface area contributed by atoms with Crippen molar-refractivity contribution in [2.75, 3.05) is 7.11 Å². The molecule has 1 aromatic rings. The number of carbonyl (C=O) groups is 1. The van der Waals surface area contributed by atoms with Gasteiger partial charge in [-0.2, -0.15) is 0 Å². The largest absolute Gasteiger partial charge is 0.496 e. The molecule has 0 aromatic heterocycles. The summed E-state index contributed by atoms with van der Waals surface area (Å²) in [5.74, 6) is 0.0345. The number of aliphatic carboxylic acids is 1. The molecule has 0 heterocycles. The SMILES string of the molecule is CCc1cc(C2C(C(=O)O)C2(C)C)ccc1OC. The van der Waals surface area contributed by atoms with Gasteiger partial charge in [-0.15, -0.1) is 0 Å². The van der Waals surface area contributed by atoms with Gasteiger partial charge in [0.2, 0.25) is 0 Å². The van der Waals surface area contributed by atoms with Crippen molar-refractivity contribution >= 4 is 5.97 Å². The van der Waals surface area contributed by atoms with Gasteiger partial charge in [-0.1, -0.05) is 32.9 Å². The van der Waals surface area contributed by atoms with Crippen molar-refractivity contribution in [3.8, 4) is 5.75 Å². The molecule has 2 unspecified atom stereocenters. The Hall–Kier alpha value is -1.51. The van der Waals surface area contributed by atoms with E-state index < -0.39 is 5.97 Å². The summed E-state index contributed by atoms with van der Waals surface area (Å²) in [5, 5.41) is 9.22. The van der Waals surface area contributed by atoms with Crippen molar-refractivity contribution in [2.45, 2.75) is 33.1 Å². The van der Waals surface area contributed by atoms with Gasteiger partial charge in [0.1, 0.15) is 5.75 Å². The van der Waals surface area contributed by atoms with Gasteiger partial charge in [-0.25, -0.2) is 0 Å². The van der Waals surface area contributed by atoms with Gasteiger partial charge in [0.05, 0.1) is 13.0 Å². The second-order valence-electron chi connectivity index (χ2n) is 5.54. The molecule has 3 heteroatoms. The molecular formula is C15H20O3. The van der Waals surface area contributed by atoms with E-state index in [-0.39, 0.29) is 17.3 Å². The highest BCUT2D eigenvalue weighted by Crippen LogP contribution is 2.64. The van der Waals surface area contributed by atoms with Crippen LogP contribution in [0.5, 0.6) is 5.75 Å². The van der Waals surface area contributed by atoms with E-state index in [1.165, 1.54) is 0 Å². The van der Waals surface area contributed by atoms with Crippen LogP contribution in [0.4, 0.5) is 0 Å². The van der Waals surface area contributed by atoms with E-state index in [4.69, 9.17) is 4.74 Å². The Kier molecular flexibility index (Phi) is 3.09. The van der Waals surface area contributed by atoms with Crippen LogP contribution < -0.4 is 4.74 Å². The number of aryl methyl sites for hydroxylation is 1. The maximum atomic E-state index is 11.2. The second-order valence-corrected chi connectivity index (χ2v) is 5.54. The molecule has 1 aliphatic rings. The second kappa shape index (κ2) is 4.30. The Bertz CT molecular complexity index is 477. The minimum atomic E-state index is -0.695. The average molecular weight is 248 g/mol. The van der Waals surface area contributed by atoms with Gasteiger partial charge >= 0.3 is 5.97 Å². The van der Waals surface area contributed by atoms with Crippen LogP contribution in [0.3, 0.4) is 0 Å². The Morgan fingerprint density at radius 2 is 2.11 bits per heavy atom. The van der Waals surface area contributed by atoms with Crippen LogP contribution in [0.25, 0.3) is 0 Å². The number of hydrogen-bond donors (Lipinski definition) is 1. The summed E-state index contributed by atoms with van der Waals surface area (Å²) in [7, 11) is 1.66. The highest BCUT2D eigenvalue weighted by molar-refractivity contribution is 5.77. The summed E-state index contributed by atoms with van der Waals surface area (Å²) in [5.41, 5.74) is 2.11. The highest BCUT2D eigenvalue weighted by Gasteiger charge is 2.62. The third-order valence-corrected chi connectivity index (χ3v) is 4.14. The molecule has 0 radical (unpaired) electrons. The van der Waals surface area contributed by atoms with Crippen LogP contribution in [-0.4, -0.2) is 18.2 Å². The number of rotatable bonds is 4. The molecule has 1 aromatic carbocycles. The normalized spacial score (nSPS) is 24.7. The number of benzene rings is 1. The van der Waals surface area contributed by atoms with Gasteiger partial charge in [-0.3, -0.25) is 4.79 Å². The first-order valence-electron chi connectivity index (χ1n) is 6.33. The fourth-order valence-electron chi connectivity index (χ4n) is 2.99. The van der Waals surface area contributed by atoms with Crippen LogP contribution >= 0.6 is 0 Å². The number of carboxylic acid groups (broad SMARTS) is 1. The van der Waals surface area contributed by atoms with E-state index in [2.05, 4.69) is 13.0 Å². The molecular weight excluding hydrogens is 228 g/mol. The van der Waals surface area contributed by atoms with E-state index in [1.54, 1.807) is 7.11 Å². The third-order valence-electron chi connectivity index (χ3n) is 4.14. The lowest BCUT2D eigenvalue weighted by Crippen LogP contribution is -2.03. The molecule has 18 heavy (non-hydrogen) atoms. The zero-order chi connectivity index (χ0) is 13.5. The molecule has 0 spiro atoms. The topological polar surface area (TPSA) is 46.5 Å². The Balaban J connectivity index is 2.34. The lowest BCUT2D eigenvalue weighted by molar-refractivity contribution is -0.139. The summed E-state index contributed by atoms with van der Waals surface area (Å²) in [6, 6.07) is 6.03. The number of hydrogen-bond acceptors (Lipinski definition) is 2. The summed E-state index contributed by atoms with van der Waals surface area (Å²) >= 11 is 0. The lowest BCUT2D eigenvalue weighted by atomic mass is 10.00. The smallest absolute Gasteiger partial charge is 0.307 e. The van der Waals surface area contributed by atoms with E-state index in [0.29, 0.717) is 0 Å². The predicted molar refractivity (Wildman–Crippen MR) is 70.0 cm³/mol. The van der Waals surface area contributed by atoms with Crippen molar-refractivity contribution in [1.82, 2.24) is 0 Å². The highest BCUT2D eigenvalue weighted by atomic mass is 16.5. The van der Waals surface area contributed by atoms with Crippen molar-refractivity contribution in [1.29, 1.82) is 0 Å². The first kappa shape index (κ1) is 12.9. The van der Waals surface area contributed by atoms with E-state index in [9.17, 15) is 9.90 Å². The maximum Gasteiger partial charge on any atom is 0.307 e. The number of ether oxygens (including phenoxy) is 1. The zero-order valence-electron chi connectivity index (χ0n) is 11.4. The van der Waals surface area contributed by atoms with Gasteiger partial charge in [0, 0.05) is 5.92 Å². The van der Waals surface area contributed by atoms with Crippen LogP contribution in [0, 0.1) is 11.3 Å². The molecule has 2 atom stereocenters. The van der Waals surface area contributed by atoms with Gasteiger partial charge < -0.3 is 9.84 Å². The van der Waals surface area contributed by atoms with Gasteiger partial charge in [-0.05, 0) is 29.0 Å². The molecule has 1 aliphatic carbocycles. The Morgan fingerprint density at radius 3 is 2.56 bits per heavy atom. The lowest BCUT2D eigenvalue weighted by Gasteiger charge is -2.10. The van der Waals surface area contributed by atoms with Crippen LogP contribution in [0.2, 0.25) is 0 Å². The quantitative estimate of drug-likeness (QED) is 0.890. The van der Waals surface area contributed by atoms with Crippen LogP contribution in [0.15, 0.2) is 18.2 Å². The van der Waals surface area contributed by atoms with Gasteiger partial charge in [0.25, 0.3) is 0 Å². The van der Waals surface area contributed by atoms with Crippen molar-refractivity contribution in [2.24, 2.45) is 11.3 Å². The molecule has 0 aliphatic heterocycles. The summed E-state index contributed by atoms with van der Waals surface area (Å²) in [4.78, 5) is 11.2. The van der Waals surface area contributed by atoms with Crippen molar-refractivity contribution in [3.05, 3.63) is 29.3 Å². The maximum absolute atomic E-state index is 11.2. The monoisotopic (exact) mass is 248 g/mol. The summed E-state index contributed by atoms with van der Waals surface area (Å²) in [6.07, 6.45) is 0.891. The summed E-state index contributed by atoms with van der Waals surface area (Å²) < 4.78 is 5.30. The predicted octanol–water partition coefficient (Wildman–Crippen LogP) is 3.08.